The highest BCUT2D eigenvalue weighted by Crippen LogP contribution is 2.31. The lowest BCUT2D eigenvalue weighted by molar-refractivity contribution is -0.143. The number of ketones is 2. The Bertz CT molecular complexity index is 2780. The summed E-state index contributed by atoms with van der Waals surface area (Å²) >= 11 is 0. The molecule has 0 radical (unpaired) electrons. The summed E-state index contributed by atoms with van der Waals surface area (Å²) in [5.41, 5.74) is 36.1. The third-order valence-electron chi connectivity index (χ3n) is 13.7. The summed E-state index contributed by atoms with van der Waals surface area (Å²) in [7, 11) is 0. The Hall–Kier alpha value is -7.47. The van der Waals surface area contributed by atoms with Crippen molar-refractivity contribution >= 4 is 85.4 Å². The van der Waals surface area contributed by atoms with Crippen LogP contribution in [0.25, 0.3) is 33.1 Å². The number of primary amides is 3. The fraction of sp³-hybridized carbons (Fsp3) is 0.491. The molecule has 3 aliphatic rings. The van der Waals surface area contributed by atoms with E-state index in [-0.39, 0.29) is 17.4 Å². The predicted molar refractivity (Wildman–Crippen MR) is 294 cm³/mol. The highest BCUT2D eigenvalue weighted by Gasteiger charge is 2.30. The standard InChI is InChI=1S/2C18H25N5O2.C14H17N5O3.C3H9N/c2*1-2-3-6-15(24)12-5-4-9-23(11-12)22-16-13-7-8-20-18(13)21-10-14(16)17(19)25;15-12(20)10-6-17-13-9(3-4-16-13)11(10)18-19-5-1-2-8(7-19)14(21)22;1-2-3-4/h2*7-8,10,12H,2-6,9,11H2,1H3,(H2,19,25)(H2,20,21,22);3-4,6,8H,1-2,5,7H2,(H2,15,20)(H,21,22)(H2,16,17,18);2-4H2,1H3/t2*12-;8-;/m000./s1. The monoisotopic (exact) mass is 1050 g/mol. The Morgan fingerprint density at radius 1 is 0.553 bits per heavy atom. The Morgan fingerprint density at radius 2 is 0.868 bits per heavy atom. The Balaban J connectivity index is 0.000000179. The molecule has 3 fully saturated rings. The molecule has 3 amide bonds. The number of anilines is 3. The molecule has 6 aromatic rings. The number of nitrogens with one attached hydrogen (secondary N) is 6. The van der Waals surface area contributed by atoms with Gasteiger partial charge in [0.1, 0.15) is 28.5 Å². The number of nitrogens with zero attached hydrogens (tertiary/aromatic N) is 6. The third-order valence-corrected chi connectivity index (χ3v) is 13.7. The topological polar surface area (TPSA) is 359 Å². The van der Waals surface area contributed by atoms with Crippen molar-refractivity contribution in [2.75, 3.05) is 62.1 Å². The molecule has 3 aliphatic heterocycles. The van der Waals surface area contributed by atoms with Gasteiger partial charge in [-0.1, -0.05) is 33.6 Å². The van der Waals surface area contributed by atoms with Crippen molar-refractivity contribution in [1.82, 2.24) is 44.9 Å². The molecular formula is C53H76N16O7. The number of hydrogen-bond donors (Lipinski definition) is 11. The van der Waals surface area contributed by atoms with Gasteiger partial charge in [0.25, 0.3) is 17.7 Å². The zero-order valence-electron chi connectivity index (χ0n) is 44.0. The molecule has 0 saturated carbocycles. The summed E-state index contributed by atoms with van der Waals surface area (Å²) in [5.74, 6) is -2.07. The number of rotatable bonds is 19. The number of fused-ring (bicyclic) bond motifs is 3. The number of piperidine rings is 3. The lowest BCUT2D eigenvalue weighted by Gasteiger charge is -2.33. The second-order valence-corrected chi connectivity index (χ2v) is 19.4. The lowest BCUT2D eigenvalue weighted by Crippen LogP contribution is -2.42. The Kier molecular flexibility index (Phi) is 21.6. The molecule has 0 spiro atoms. The molecule has 9 heterocycles. The van der Waals surface area contributed by atoms with E-state index in [9.17, 15) is 28.8 Å². The van der Waals surface area contributed by atoms with Crippen molar-refractivity contribution in [3.63, 3.8) is 0 Å². The molecule has 0 aromatic carbocycles. The first-order valence-corrected chi connectivity index (χ1v) is 26.5. The number of Topliss-reactive ketones (excluding diaryl/α,β-unsaturated/α-hetero) is 2. The quantitative estimate of drug-likeness (QED) is 0.0439. The van der Waals surface area contributed by atoms with Gasteiger partial charge in [0.15, 0.2) is 0 Å². The smallest absolute Gasteiger partial charge is 0.307 e. The number of unbranched alkanes of at least 4 members (excludes halogenated alkanes) is 2. The first-order valence-electron chi connectivity index (χ1n) is 26.5. The number of hydrazine groups is 3. The van der Waals surface area contributed by atoms with Gasteiger partial charge >= 0.3 is 5.97 Å². The van der Waals surface area contributed by atoms with Gasteiger partial charge in [-0.2, -0.15) is 0 Å². The fourth-order valence-electron chi connectivity index (χ4n) is 9.49. The molecule has 3 saturated heterocycles. The van der Waals surface area contributed by atoms with Crippen molar-refractivity contribution in [2.24, 2.45) is 40.7 Å². The average Bonchev–Trinajstić information content (AvgIpc) is 4.24. The van der Waals surface area contributed by atoms with Crippen molar-refractivity contribution < 1.29 is 33.9 Å². The van der Waals surface area contributed by atoms with Crippen LogP contribution in [0.3, 0.4) is 0 Å². The number of aromatic amines is 3. The predicted octanol–water partition coefficient (Wildman–Crippen LogP) is 6.06. The number of pyridine rings is 3. The second kappa shape index (κ2) is 28.4. The number of hydrogen-bond acceptors (Lipinski definition) is 16. The molecule has 0 aliphatic carbocycles. The zero-order valence-corrected chi connectivity index (χ0v) is 44.0. The maximum Gasteiger partial charge on any atom is 0.307 e. The zero-order chi connectivity index (χ0) is 54.7. The molecule has 0 unspecified atom stereocenters. The van der Waals surface area contributed by atoms with E-state index in [2.05, 4.69) is 67.0 Å². The van der Waals surface area contributed by atoms with Gasteiger partial charge in [-0.25, -0.2) is 30.0 Å². The van der Waals surface area contributed by atoms with Gasteiger partial charge in [-0.05, 0) is 82.5 Å². The van der Waals surface area contributed by atoms with Gasteiger partial charge in [0.2, 0.25) is 0 Å². The number of aromatic nitrogens is 6. The first kappa shape index (κ1) is 57.8. The SMILES string of the molecule is CCCCC(=O)[C@H]1CCCN(Nc2c(C(N)=O)cnc3[nH]ccc23)C1.CCCCC(=O)[C@H]1CCCN(Nc2c(C(N)=O)cnc3[nH]ccc23)C1.CCCN.NC(=O)c1cnc2[nH]ccc2c1NN1CCC[C@H](C(=O)O)C1. The molecule has 15 N–H and O–H groups in total. The van der Waals surface area contributed by atoms with Crippen LogP contribution in [0.1, 0.15) is 135 Å². The van der Waals surface area contributed by atoms with Crippen LogP contribution >= 0.6 is 0 Å². The van der Waals surface area contributed by atoms with E-state index in [0.29, 0.717) is 102 Å². The molecular weight excluding hydrogens is 973 g/mol. The number of carbonyl (C=O) groups is 6. The molecule has 76 heavy (non-hydrogen) atoms. The van der Waals surface area contributed by atoms with Crippen LogP contribution in [-0.2, 0) is 14.4 Å². The van der Waals surface area contributed by atoms with Gasteiger partial charge < -0.3 is 59.3 Å². The molecule has 3 atom stereocenters. The highest BCUT2D eigenvalue weighted by atomic mass is 16.4. The van der Waals surface area contributed by atoms with E-state index in [4.69, 9.17) is 28.0 Å². The Labute approximate surface area is 442 Å². The fourth-order valence-corrected chi connectivity index (χ4v) is 9.49. The number of carboxylic acids is 1. The summed E-state index contributed by atoms with van der Waals surface area (Å²) in [6.07, 6.45) is 21.2. The van der Waals surface area contributed by atoms with Crippen LogP contribution in [0, 0.1) is 17.8 Å². The minimum atomic E-state index is -0.803. The number of H-pyrrole nitrogens is 3. The number of aliphatic carboxylic acids is 1. The highest BCUT2D eigenvalue weighted by molar-refractivity contribution is 6.07. The van der Waals surface area contributed by atoms with Crippen molar-refractivity contribution in [1.29, 1.82) is 0 Å². The van der Waals surface area contributed by atoms with E-state index in [1.165, 1.54) is 18.6 Å². The van der Waals surface area contributed by atoms with Crippen molar-refractivity contribution in [2.45, 2.75) is 104 Å². The van der Waals surface area contributed by atoms with Gasteiger partial charge in [0, 0.05) is 117 Å². The van der Waals surface area contributed by atoms with Crippen molar-refractivity contribution in [3.8, 4) is 0 Å². The maximum atomic E-state index is 12.4. The number of carboxylic acid groups (broad SMARTS) is 1. The van der Waals surface area contributed by atoms with Crippen LogP contribution in [0.5, 0.6) is 0 Å². The van der Waals surface area contributed by atoms with Gasteiger partial charge in [-0.3, -0.25) is 28.8 Å². The van der Waals surface area contributed by atoms with Gasteiger partial charge in [0.05, 0.1) is 39.7 Å². The molecule has 9 rings (SSSR count). The van der Waals surface area contributed by atoms with Crippen molar-refractivity contribution in [3.05, 3.63) is 72.1 Å². The second-order valence-electron chi connectivity index (χ2n) is 19.4. The minimum Gasteiger partial charge on any atom is -0.481 e. The average molecular weight is 1050 g/mol. The van der Waals surface area contributed by atoms with E-state index in [0.717, 1.165) is 100 Å². The molecule has 0 bridgehead atoms. The number of carbonyl (C=O) groups excluding carboxylic acids is 5. The van der Waals surface area contributed by atoms with Gasteiger partial charge in [-0.15, -0.1) is 0 Å². The molecule has 410 valence electrons. The van der Waals surface area contributed by atoms with Crippen LogP contribution in [-0.4, -0.2) is 131 Å². The maximum absolute atomic E-state index is 12.4. The number of amides is 3. The van der Waals surface area contributed by atoms with Crippen LogP contribution in [0.2, 0.25) is 0 Å². The molecule has 6 aromatic heterocycles. The first-order chi connectivity index (χ1) is 36.7. The van der Waals surface area contributed by atoms with E-state index < -0.39 is 29.6 Å². The van der Waals surface area contributed by atoms with E-state index in [1.807, 2.05) is 27.2 Å². The summed E-state index contributed by atoms with van der Waals surface area (Å²) in [5, 5.41) is 17.4. The van der Waals surface area contributed by atoms with Crippen LogP contribution in [0.4, 0.5) is 17.1 Å². The largest absolute Gasteiger partial charge is 0.481 e. The lowest BCUT2D eigenvalue weighted by atomic mass is 9.92. The van der Waals surface area contributed by atoms with E-state index in [1.54, 1.807) is 24.7 Å². The summed E-state index contributed by atoms with van der Waals surface area (Å²) in [4.78, 5) is 92.7. The Morgan fingerprint density at radius 3 is 1.16 bits per heavy atom. The van der Waals surface area contributed by atoms with Crippen LogP contribution in [0.15, 0.2) is 55.4 Å². The normalized spacial score (nSPS) is 18.0. The van der Waals surface area contributed by atoms with E-state index >= 15 is 0 Å². The summed E-state index contributed by atoms with van der Waals surface area (Å²) in [6, 6.07) is 5.53. The minimum absolute atomic E-state index is 0.0494. The molecule has 23 heteroatoms. The molecule has 23 nitrogen and oxygen atoms in total. The van der Waals surface area contributed by atoms with Crippen LogP contribution < -0.4 is 39.2 Å². The summed E-state index contributed by atoms with van der Waals surface area (Å²) < 4.78 is 0. The third kappa shape index (κ3) is 15.3. The summed E-state index contributed by atoms with van der Waals surface area (Å²) in [6.45, 7) is 11.1. The number of nitrogens with two attached hydrogens (primary N) is 4.